The molecule has 9 heteroatoms. The standard InChI is InChI=1S/C21H26N4O5/c1-5-30-17(26)12-23-13-22-19-18(23)20(27)24(11-10-14(2)3)21(28)25(19)15-8-6-7-9-16(15)29-4/h6-9,13-14H,5,10-12H2,1-4H3. The van der Waals surface area contributed by atoms with Crippen LogP contribution in [0, 0.1) is 5.92 Å². The summed E-state index contributed by atoms with van der Waals surface area (Å²) in [7, 11) is 1.51. The van der Waals surface area contributed by atoms with Crippen molar-refractivity contribution in [2.75, 3.05) is 13.7 Å². The maximum Gasteiger partial charge on any atom is 0.337 e. The van der Waals surface area contributed by atoms with Crippen LogP contribution in [0.5, 0.6) is 5.75 Å². The van der Waals surface area contributed by atoms with Crippen LogP contribution in [0.4, 0.5) is 0 Å². The number of rotatable bonds is 8. The Morgan fingerprint density at radius 3 is 2.60 bits per heavy atom. The van der Waals surface area contributed by atoms with E-state index in [4.69, 9.17) is 9.47 Å². The molecule has 0 aliphatic heterocycles. The van der Waals surface area contributed by atoms with Crippen LogP contribution in [-0.2, 0) is 22.6 Å². The lowest BCUT2D eigenvalue weighted by Gasteiger charge is -2.15. The van der Waals surface area contributed by atoms with Crippen LogP contribution in [0.2, 0.25) is 0 Å². The lowest BCUT2D eigenvalue weighted by Crippen LogP contribution is -2.40. The molecule has 2 aromatic heterocycles. The first-order valence-electron chi connectivity index (χ1n) is 9.88. The maximum atomic E-state index is 13.3. The first kappa shape index (κ1) is 21.4. The average molecular weight is 414 g/mol. The summed E-state index contributed by atoms with van der Waals surface area (Å²) in [6.45, 7) is 6.07. The van der Waals surface area contributed by atoms with Crippen LogP contribution >= 0.6 is 0 Å². The number of esters is 1. The number of methoxy groups -OCH3 is 1. The van der Waals surface area contributed by atoms with Crippen molar-refractivity contribution in [1.29, 1.82) is 0 Å². The Kier molecular flexibility index (Phi) is 6.39. The van der Waals surface area contributed by atoms with E-state index in [2.05, 4.69) is 4.98 Å². The molecule has 0 fully saturated rings. The van der Waals surface area contributed by atoms with Gasteiger partial charge >= 0.3 is 11.7 Å². The number of carbonyl (C=O) groups excluding carboxylic acids is 1. The van der Waals surface area contributed by atoms with Crippen molar-refractivity contribution in [3.8, 4) is 11.4 Å². The van der Waals surface area contributed by atoms with Gasteiger partial charge in [0.15, 0.2) is 11.2 Å². The average Bonchev–Trinajstić information content (AvgIpc) is 3.11. The Morgan fingerprint density at radius 1 is 1.20 bits per heavy atom. The van der Waals surface area contributed by atoms with Crippen molar-refractivity contribution in [1.82, 2.24) is 18.7 Å². The zero-order valence-corrected chi connectivity index (χ0v) is 17.6. The molecule has 160 valence electrons. The summed E-state index contributed by atoms with van der Waals surface area (Å²) in [4.78, 5) is 42.9. The van der Waals surface area contributed by atoms with E-state index in [1.807, 2.05) is 13.8 Å². The minimum absolute atomic E-state index is 0.164. The number of hydrogen-bond acceptors (Lipinski definition) is 6. The number of fused-ring (bicyclic) bond motifs is 1. The molecule has 30 heavy (non-hydrogen) atoms. The summed E-state index contributed by atoms with van der Waals surface area (Å²) < 4.78 is 14.4. The van der Waals surface area contributed by atoms with Gasteiger partial charge in [-0.25, -0.2) is 14.3 Å². The van der Waals surface area contributed by atoms with Gasteiger partial charge in [0.1, 0.15) is 12.3 Å². The van der Waals surface area contributed by atoms with Gasteiger partial charge in [0.25, 0.3) is 5.56 Å². The molecule has 0 aliphatic rings. The number of para-hydroxylation sites is 2. The van der Waals surface area contributed by atoms with E-state index in [-0.39, 0.29) is 30.9 Å². The molecule has 1 aromatic carbocycles. The molecule has 0 saturated heterocycles. The van der Waals surface area contributed by atoms with Crippen LogP contribution in [0.3, 0.4) is 0 Å². The fraction of sp³-hybridized carbons (Fsp3) is 0.429. The van der Waals surface area contributed by atoms with Crippen molar-refractivity contribution in [2.24, 2.45) is 5.92 Å². The first-order chi connectivity index (χ1) is 14.4. The summed E-state index contributed by atoms with van der Waals surface area (Å²) in [6.07, 6.45) is 2.03. The first-order valence-corrected chi connectivity index (χ1v) is 9.88. The smallest absolute Gasteiger partial charge is 0.337 e. The topological polar surface area (TPSA) is 97.4 Å². The minimum Gasteiger partial charge on any atom is -0.495 e. The van der Waals surface area contributed by atoms with Gasteiger partial charge in [-0.2, -0.15) is 0 Å². The highest BCUT2D eigenvalue weighted by molar-refractivity contribution is 5.76. The SMILES string of the molecule is CCOC(=O)Cn1cnc2c1c(=O)n(CCC(C)C)c(=O)n2-c1ccccc1OC. The number of nitrogens with zero attached hydrogens (tertiary/aromatic N) is 4. The van der Waals surface area contributed by atoms with Crippen molar-refractivity contribution < 1.29 is 14.3 Å². The molecule has 9 nitrogen and oxygen atoms in total. The molecule has 0 aliphatic carbocycles. The minimum atomic E-state index is -0.501. The van der Waals surface area contributed by atoms with Gasteiger partial charge in [-0.15, -0.1) is 0 Å². The van der Waals surface area contributed by atoms with Gasteiger partial charge in [-0.1, -0.05) is 26.0 Å². The highest BCUT2D eigenvalue weighted by Gasteiger charge is 2.22. The van der Waals surface area contributed by atoms with Crippen molar-refractivity contribution in [3.05, 3.63) is 51.4 Å². The molecule has 2 heterocycles. The molecule has 3 rings (SSSR count). The van der Waals surface area contributed by atoms with E-state index < -0.39 is 17.2 Å². The number of hydrogen-bond donors (Lipinski definition) is 0. The van der Waals surface area contributed by atoms with Crippen LogP contribution in [-0.4, -0.2) is 38.4 Å². The second-order valence-electron chi connectivity index (χ2n) is 7.28. The highest BCUT2D eigenvalue weighted by atomic mass is 16.5. The predicted molar refractivity (Wildman–Crippen MR) is 112 cm³/mol. The Morgan fingerprint density at radius 2 is 1.93 bits per heavy atom. The number of imidazole rings is 1. The lowest BCUT2D eigenvalue weighted by atomic mass is 10.1. The van der Waals surface area contributed by atoms with E-state index in [9.17, 15) is 14.4 Å². The molecule has 0 atom stereocenters. The summed E-state index contributed by atoms with van der Waals surface area (Å²) in [5, 5.41) is 0. The van der Waals surface area contributed by atoms with Crippen molar-refractivity contribution >= 4 is 17.1 Å². The molecule has 0 radical (unpaired) electrons. The van der Waals surface area contributed by atoms with Gasteiger partial charge in [0.05, 0.1) is 25.7 Å². The molecule has 3 aromatic rings. The number of aromatic nitrogens is 4. The van der Waals surface area contributed by atoms with Gasteiger partial charge in [0.2, 0.25) is 0 Å². The third-order valence-electron chi connectivity index (χ3n) is 4.76. The Bertz CT molecular complexity index is 1170. The summed E-state index contributed by atoms with van der Waals surface area (Å²) in [5.74, 6) is 0.283. The highest BCUT2D eigenvalue weighted by Crippen LogP contribution is 2.23. The summed E-state index contributed by atoms with van der Waals surface area (Å²) >= 11 is 0. The fourth-order valence-corrected chi connectivity index (χ4v) is 3.26. The van der Waals surface area contributed by atoms with Gasteiger partial charge in [-0.3, -0.25) is 14.2 Å². The summed E-state index contributed by atoms with van der Waals surface area (Å²) in [6, 6.07) is 7.02. The number of benzene rings is 1. The normalized spacial score (nSPS) is 11.2. The predicted octanol–water partition coefficient (Wildman–Crippen LogP) is 1.97. The van der Waals surface area contributed by atoms with E-state index in [0.29, 0.717) is 23.8 Å². The molecule has 0 amide bonds. The Labute approximate surface area is 173 Å². The Balaban J connectivity index is 2.32. The molecule has 0 spiro atoms. The van der Waals surface area contributed by atoms with Gasteiger partial charge in [0, 0.05) is 6.54 Å². The van der Waals surface area contributed by atoms with Crippen LogP contribution < -0.4 is 16.0 Å². The Hall–Kier alpha value is -3.36. The third-order valence-corrected chi connectivity index (χ3v) is 4.76. The monoisotopic (exact) mass is 414 g/mol. The molecule has 0 unspecified atom stereocenters. The van der Waals surface area contributed by atoms with Crippen LogP contribution in [0.1, 0.15) is 27.2 Å². The van der Waals surface area contributed by atoms with E-state index in [1.54, 1.807) is 31.2 Å². The van der Waals surface area contributed by atoms with Gasteiger partial charge < -0.3 is 14.0 Å². The zero-order valence-electron chi connectivity index (χ0n) is 17.6. The van der Waals surface area contributed by atoms with Crippen LogP contribution in [0.25, 0.3) is 16.9 Å². The lowest BCUT2D eigenvalue weighted by molar-refractivity contribution is -0.143. The quantitative estimate of drug-likeness (QED) is 0.523. The van der Waals surface area contributed by atoms with E-state index >= 15 is 0 Å². The molecule has 0 bridgehead atoms. The maximum absolute atomic E-state index is 13.3. The van der Waals surface area contributed by atoms with Gasteiger partial charge in [-0.05, 0) is 31.4 Å². The van der Waals surface area contributed by atoms with Crippen molar-refractivity contribution in [3.63, 3.8) is 0 Å². The largest absolute Gasteiger partial charge is 0.495 e. The molecule has 0 N–H and O–H groups in total. The van der Waals surface area contributed by atoms with E-state index in [1.165, 1.54) is 27.1 Å². The molecular weight excluding hydrogens is 388 g/mol. The molecular formula is C21H26N4O5. The number of carbonyl (C=O) groups is 1. The van der Waals surface area contributed by atoms with Crippen molar-refractivity contribution in [2.45, 2.75) is 40.3 Å². The second-order valence-corrected chi connectivity index (χ2v) is 7.28. The van der Waals surface area contributed by atoms with Crippen LogP contribution in [0.15, 0.2) is 40.2 Å². The third kappa shape index (κ3) is 4.00. The summed E-state index contributed by atoms with van der Waals surface area (Å²) in [5.41, 5.74) is -0.186. The number of ether oxygens (including phenoxy) is 2. The molecule has 0 saturated carbocycles. The zero-order chi connectivity index (χ0) is 21.8. The second kappa shape index (κ2) is 8.98. The fourth-order valence-electron chi connectivity index (χ4n) is 3.26. The van der Waals surface area contributed by atoms with E-state index in [0.717, 1.165) is 0 Å².